The first-order chi connectivity index (χ1) is 9.06. The second-order valence-corrected chi connectivity index (χ2v) is 5.07. The summed E-state index contributed by atoms with van der Waals surface area (Å²) in [6, 6.07) is 5.79. The Morgan fingerprint density at radius 3 is 2.79 bits per heavy atom. The Balaban J connectivity index is 1.91. The lowest BCUT2D eigenvalue weighted by Gasteiger charge is -2.09. The predicted molar refractivity (Wildman–Crippen MR) is 76.4 cm³/mol. The third kappa shape index (κ3) is 3.51. The van der Waals surface area contributed by atoms with E-state index in [4.69, 9.17) is 0 Å². The molecular weight excluding hydrogens is 260 g/mol. The highest BCUT2D eigenvalue weighted by Gasteiger charge is 2.06. The first-order valence-corrected chi connectivity index (χ1v) is 6.74. The third-order valence-electron chi connectivity index (χ3n) is 2.90. The van der Waals surface area contributed by atoms with Crippen molar-refractivity contribution in [3.05, 3.63) is 40.7 Å². The number of hydrogen-bond acceptors (Lipinski definition) is 4. The number of nitrogens with zero attached hydrogens (tertiary/aromatic N) is 2. The molecule has 1 aromatic carbocycles. The second-order valence-electron chi connectivity index (χ2n) is 4.31. The van der Waals surface area contributed by atoms with E-state index in [0.29, 0.717) is 17.5 Å². The van der Waals surface area contributed by atoms with Crippen LogP contribution in [0.25, 0.3) is 0 Å². The van der Waals surface area contributed by atoms with E-state index in [1.165, 1.54) is 22.7 Å². The van der Waals surface area contributed by atoms with Crippen LogP contribution in [-0.2, 0) is 6.54 Å². The summed E-state index contributed by atoms with van der Waals surface area (Å²) in [5.41, 5.74) is 3.54. The fraction of sp³-hybridized carbons (Fsp3) is 0.308. The zero-order chi connectivity index (χ0) is 13.8. The number of anilines is 1. The molecule has 1 aromatic heterocycles. The molecule has 2 amide bonds. The average molecular weight is 276 g/mol. The van der Waals surface area contributed by atoms with Gasteiger partial charge in [0.15, 0.2) is 0 Å². The van der Waals surface area contributed by atoms with Crippen LogP contribution in [0.4, 0.5) is 9.93 Å². The van der Waals surface area contributed by atoms with Gasteiger partial charge in [0.05, 0.1) is 0 Å². The normalized spacial score (nSPS) is 10.3. The summed E-state index contributed by atoms with van der Waals surface area (Å²) < 4.78 is 4.00. The van der Waals surface area contributed by atoms with Crippen LogP contribution in [0.5, 0.6) is 0 Å². The molecule has 2 rings (SSSR count). The van der Waals surface area contributed by atoms with E-state index in [-0.39, 0.29) is 6.03 Å². The minimum atomic E-state index is -0.267. The number of amides is 2. The van der Waals surface area contributed by atoms with Crippen LogP contribution in [0.1, 0.15) is 22.5 Å². The molecule has 5 nitrogen and oxygen atoms in total. The van der Waals surface area contributed by atoms with Crippen molar-refractivity contribution < 1.29 is 4.79 Å². The first kappa shape index (κ1) is 13.5. The van der Waals surface area contributed by atoms with E-state index < -0.39 is 0 Å². The summed E-state index contributed by atoms with van der Waals surface area (Å²) in [5, 5.41) is 5.99. The van der Waals surface area contributed by atoms with Crippen LogP contribution >= 0.6 is 11.5 Å². The maximum absolute atomic E-state index is 11.7. The van der Waals surface area contributed by atoms with Crippen molar-refractivity contribution >= 4 is 22.7 Å². The molecular formula is C13H16N4OS. The summed E-state index contributed by atoms with van der Waals surface area (Å²) in [7, 11) is 0. The van der Waals surface area contributed by atoms with Crippen molar-refractivity contribution in [2.45, 2.75) is 27.3 Å². The SMILES string of the molecule is Cc1nsc(NC(=O)NCc2cccc(C)c2C)n1. The highest BCUT2D eigenvalue weighted by Crippen LogP contribution is 2.13. The van der Waals surface area contributed by atoms with Gasteiger partial charge in [0.2, 0.25) is 5.13 Å². The quantitative estimate of drug-likeness (QED) is 0.906. The van der Waals surface area contributed by atoms with Gasteiger partial charge in [-0.25, -0.2) is 9.78 Å². The largest absolute Gasteiger partial charge is 0.334 e. The van der Waals surface area contributed by atoms with E-state index in [9.17, 15) is 4.79 Å². The Labute approximate surface area is 116 Å². The van der Waals surface area contributed by atoms with E-state index >= 15 is 0 Å². The molecule has 0 aliphatic carbocycles. The smallest absolute Gasteiger partial charge is 0.321 e. The standard InChI is InChI=1S/C13H16N4OS/c1-8-5-4-6-11(9(8)2)7-14-12(18)16-13-15-10(3)17-19-13/h4-6H,7H2,1-3H3,(H2,14,15,16,17,18). The first-order valence-electron chi connectivity index (χ1n) is 5.96. The maximum atomic E-state index is 11.7. The number of nitrogens with one attached hydrogen (secondary N) is 2. The molecule has 0 spiro atoms. The van der Waals surface area contributed by atoms with Crippen LogP contribution in [0, 0.1) is 20.8 Å². The summed E-state index contributed by atoms with van der Waals surface area (Å²) in [6.07, 6.45) is 0. The molecule has 0 aliphatic heterocycles. The number of benzene rings is 1. The van der Waals surface area contributed by atoms with Gasteiger partial charge in [-0.15, -0.1) is 0 Å². The lowest BCUT2D eigenvalue weighted by molar-refractivity contribution is 0.251. The van der Waals surface area contributed by atoms with Crippen LogP contribution in [0.15, 0.2) is 18.2 Å². The molecule has 1 heterocycles. The topological polar surface area (TPSA) is 66.9 Å². The lowest BCUT2D eigenvalue weighted by Crippen LogP contribution is -2.28. The van der Waals surface area contributed by atoms with Gasteiger partial charge in [0.25, 0.3) is 0 Å². The van der Waals surface area contributed by atoms with Crippen molar-refractivity contribution in [1.29, 1.82) is 0 Å². The van der Waals surface area contributed by atoms with Crippen molar-refractivity contribution in [2.75, 3.05) is 5.32 Å². The number of carbonyl (C=O) groups is 1. The minimum absolute atomic E-state index is 0.267. The highest BCUT2D eigenvalue weighted by atomic mass is 32.1. The van der Waals surface area contributed by atoms with Gasteiger partial charge >= 0.3 is 6.03 Å². The summed E-state index contributed by atoms with van der Waals surface area (Å²) >= 11 is 1.17. The number of aryl methyl sites for hydroxylation is 2. The van der Waals surface area contributed by atoms with E-state index in [1.54, 1.807) is 6.92 Å². The predicted octanol–water partition coefficient (Wildman–Crippen LogP) is 2.79. The summed E-state index contributed by atoms with van der Waals surface area (Å²) in [6.45, 7) is 6.40. The number of hydrogen-bond donors (Lipinski definition) is 2. The Morgan fingerprint density at radius 2 is 2.11 bits per heavy atom. The molecule has 0 saturated carbocycles. The number of aromatic nitrogens is 2. The molecule has 0 bridgehead atoms. The van der Waals surface area contributed by atoms with Gasteiger partial charge in [-0.2, -0.15) is 4.37 Å². The molecule has 100 valence electrons. The van der Waals surface area contributed by atoms with Gasteiger partial charge in [-0.3, -0.25) is 5.32 Å². The Morgan fingerprint density at radius 1 is 1.32 bits per heavy atom. The van der Waals surface area contributed by atoms with Gasteiger partial charge < -0.3 is 5.32 Å². The lowest BCUT2D eigenvalue weighted by atomic mass is 10.0. The Hall–Kier alpha value is -1.95. The molecule has 19 heavy (non-hydrogen) atoms. The molecule has 0 saturated heterocycles. The number of carbonyl (C=O) groups excluding carboxylic acids is 1. The van der Waals surface area contributed by atoms with Crippen LogP contribution in [0.3, 0.4) is 0 Å². The minimum Gasteiger partial charge on any atom is -0.334 e. The molecule has 2 aromatic rings. The Kier molecular flexibility index (Phi) is 4.11. The third-order valence-corrected chi connectivity index (χ3v) is 3.63. The van der Waals surface area contributed by atoms with Crippen molar-refractivity contribution in [3.8, 4) is 0 Å². The van der Waals surface area contributed by atoms with Gasteiger partial charge in [-0.05, 0) is 37.5 Å². The number of rotatable bonds is 3. The Bertz CT molecular complexity index is 594. The fourth-order valence-electron chi connectivity index (χ4n) is 1.67. The molecule has 2 N–H and O–H groups in total. The monoisotopic (exact) mass is 276 g/mol. The molecule has 0 fully saturated rings. The fourth-order valence-corrected chi connectivity index (χ4v) is 2.24. The van der Waals surface area contributed by atoms with Gasteiger partial charge in [0.1, 0.15) is 5.82 Å². The van der Waals surface area contributed by atoms with Crippen LogP contribution < -0.4 is 10.6 Å². The summed E-state index contributed by atoms with van der Waals surface area (Å²) in [5.74, 6) is 0.662. The maximum Gasteiger partial charge on any atom is 0.321 e. The zero-order valence-electron chi connectivity index (χ0n) is 11.2. The van der Waals surface area contributed by atoms with Crippen molar-refractivity contribution in [1.82, 2.24) is 14.7 Å². The average Bonchev–Trinajstić information content (AvgIpc) is 2.76. The van der Waals surface area contributed by atoms with Gasteiger partial charge in [-0.1, -0.05) is 18.2 Å². The summed E-state index contributed by atoms with van der Waals surface area (Å²) in [4.78, 5) is 15.8. The van der Waals surface area contributed by atoms with Crippen molar-refractivity contribution in [2.24, 2.45) is 0 Å². The van der Waals surface area contributed by atoms with E-state index in [1.807, 2.05) is 12.1 Å². The van der Waals surface area contributed by atoms with Crippen molar-refractivity contribution in [3.63, 3.8) is 0 Å². The second kappa shape index (κ2) is 5.79. The molecule has 0 aliphatic rings. The van der Waals surface area contributed by atoms with E-state index in [2.05, 4.69) is 39.9 Å². The zero-order valence-corrected chi connectivity index (χ0v) is 12.0. The number of urea groups is 1. The highest BCUT2D eigenvalue weighted by molar-refractivity contribution is 7.09. The van der Waals surface area contributed by atoms with Crippen LogP contribution in [0.2, 0.25) is 0 Å². The molecule has 0 radical (unpaired) electrons. The van der Waals surface area contributed by atoms with Crippen LogP contribution in [-0.4, -0.2) is 15.4 Å². The molecule has 0 atom stereocenters. The molecule has 0 unspecified atom stereocenters. The van der Waals surface area contributed by atoms with Gasteiger partial charge in [0, 0.05) is 18.1 Å². The van der Waals surface area contributed by atoms with E-state index in [0.717, 1.165) is 5.56 Å². The molecule has 6 heteroatoms.